The fourth-order valence-corrected chi connectivity index (χ4v) is 3.26. The van der Waals surface area contributed by atoms with Crippen molar-refractivity contribution in [3.8, 4) is 5.75 Å². The van der Waals surface area contributed by atoms with Crippen LogP contribution in [0.4, 0.5) is 14.5 Å². The molecule has 9 heteroatoms. The second kappa shape index (κ2) is 7.18. The van der Waals surface area contributed by atoms with Gasteiger partial charge in [-0.1, -0.05) is 12.1 Å². The van der Waals surface area contributed by atoms with Crippen LogP contribution in [-0.2, 0) is 0 Å². The zero-order valence-electron chi connectivity index (χ0n) is 14.3. The average molecular weight is 373 g/mol. The smallest absolute Gasteiger partial charge is 0.387 e. The molecule has 0 aliphatic carbocycles. The highest BCUT2D eigenvalue weighted by molar-refractivity contribution is 5.99. The largest absolute Gasteiger partial charge is 0.433 e. The summed E-state index contributed by atoms with van der Waals surface area (Å²) in [7, 11) is 0. The second-order valence-electron chi connectivity index (χ2n) is 6.20. The molecule has 1 fully saturated rings. The van der Waals surface area contributed by atoms with Gasteiger partial charge in [0.05, 0.1) is 11.9 Å². The predicted molar refractivity (Wildman–Crippen MR) is 94.1 cm³/mol. The first-order chi connectivity index (χ1) is 13.1. The minimum atomic E-state index is -2.88. The number of benzene rings is 1. The second-order valence-corrected chi connectivity index (χ2v) is 6.20. The number of hydrogen-bond acceptors (Lipinski definition) is 5. The Morgan fingerprint density at radius 2 is 2.15 bits per heavy atom. The zero-order valence-corrected chi connectivity index (χ0v) is 14.3. The molecule has 1 aliphatic rings. The highest BCUT2D eigenvalue weighted by atomic mass is 19.3. The predicted octanol–water partition coefficient (Wildman–Crippen LogP) is 2.34. The van der Waals surface area contributed by atoms with Crippen molar-refractivity contribution in [3.05, 3.63) is 54.5 Å². The number of nitrogens with zero attached hydrogens (tertiary/aromatic N) is 4. The third-order valence-electron chi connectivity index (χ3n) is 4.47. The molecule has 1 unspecified atom stereocenters. The number of nitrogens with one attached hydrogen (secondary N) is 1. The molecule has 1 aromatic carbocycles. The van der Waals surface area contributed by atoms with Crippen LogP contribution in [0.5, 0.6) is 5.75 Å². The highest BCUT2D eigenvalue weighted by Gasteiger charge is 2.27. The van der Waals surface area contributed by atoms with Crippen LogP contribution in [0.1, 0.15) is 16.8 Å². The van der Waals surface area contributed by atoms with Gasteiger partial charge >= 0.3 is 6.61 Å². The van der Waals surface area contributed by atoms with Crippen LogP contribution >= 0.6 is 0 Å². The van der Waals surface area contributed by atoms with Gasteiger partial charge in [0.15, 0.2) is 5.65 Å². The first kappa shape index (κ1) is 17.2. The fraction of sp³-hybridized carbons (Fsp3) is 0.278. The van der Waals surface area contributed by atoms with Crippen molar-refractivity contribution >= 4 is 17.2 Å². The summed E-state index contributed by atoms with van der Waals surface area (Å²) >= 11 is 0. The van der Waals surface area contributed by atoms with Crippen molar-refractivity contribution in [2.24, 2.45) is 0 Å². The number of ether oxygens (including phenoxy) is 1. The number of para-hydroxylation sites is 2. The van der Waals surface area contributed by atoms with Crippen molar-refractivity contribution in [3.63, 3.8) is 0 Å². The summed E-state index contributed by atoms with van der Waals surface area (Å²) in [5.41, 5.74) is 1.48. The number of anilines is 1. The molecule has 1 atom stereocenters. The van der Waals surface area contributed by atoms with Crippen LogP contribution in [0.25, 0.3) is 5.65 Å². The van der Waals surface area contributed by atoms with Crippen molar-refractivity contribution in [1.29, 1.82) is 0 Å². The standard InChI is InChI=1S/C18H17F2N5O2/c19-18(20)27-15-5-2-1-4-14(15)24-9-6-12(11-24)23-17(26)13-10-22-25-8-3-7-21-16(13)25/h1-5,7-8,10,12,18H,6,9,11H2,(H,23,26). The molecule has 140 valence electrons. The number of carbonyl (C=O) groups excluding carboxylic acids is 1. The van der Waals surface area contributed by atoms with E-state index in [-0.39, 0.29) is 17.7 Å². The van der Waals surface area contributed by atoms with Gasteiger partial charge in [-0.15, -0.1) is 0 Å². The Hall–Kier alpha value is -3.23. The van der Waals surface area contributed by atoms with E-state index in [0.717, 1.165) is 0 Å². The number of carbonyl (C=O) groups is 1. The molecule has 0 radical (unpaired) electrons. The molecule has 1 aliphatic heterocycles. The Labute approximate surface area is 153 Å². The number of rotatable bonds is 5. The summed E-state index contributed by atoms with van der Waals surface area (Å²) in [5.74, 6) is -0.126. The summed E-state index contributed by atoms with van der Waals surface area (Å²) in [4.78, 5) is 18.7. The van der Waals surface area contributed by atoms with Gasteiger partial charge in [-0.3, -0.25) is 4.79 Å². The number of fused-ring (bicyclic) bond motifs is 1. The normalized spacial score (nSPS) is 16.9. The lowest BCUT2D eigenvalue weighted by molar-refractivity contribution is -0.0495. The number of hydrogen-bond donors (Lipinski definition) is 1. The first-order valence-corrected chi connectivity index (χ1v) is 8.50. The van der Waals surface area contributed by atoms with Gasteiger partial charge in [-0.2, -0.15) is 13.9 Å². The molecule has 0 spiro atoms. The molecule has 2 aromatic heterocycles. The maximum atomic E-state index is 12.6. The highest BCUT2D eigenvalue weighted by Crippen LogP contribution is 2.31. The van der Waals surface area contributed by atoms with E-state index < -0.39 is 6.61 Å². The average Bonchev–Trinajstić information content (AvgIpc) is 3.28. The van der Waals surface area contributed by atoms with E-state index in [1.165, 1.54) is 16.8 Å². The van der Waals surface area contributed by atoms with E-state index in [4.69, 9.17) is 0 Å². The lowest BCUT2D eigenvalue weighted by Gasteiger charge is -2.22. The monoisotopic (exact) mass is 373 g/mol. The van der Waals surface area contributed by atoms with Gasteiger partial charge in [-0.05, 0) is 24.6 Å². The molecule has 0 saturated carbocycles. The van der Waals surface area contributed by atoms with Crippen molar-refractivity contribution in [1.82, 2.24) is 19.9 Å². The zero-order chi connectivity index (χ0) is 18.8. The van der Waals surface area contributed by atoms with E-state index in [0.29, 0.717) is 36.4 Å². The van der Waals surface area contributed by atoms with Crippen molar-refractivity contribution in [2.75, 3.05) is 18.0 Å². The third-order valence-corrected chi connectivity index (χ3v) is 4.47. The van der Waals surface area contributed by atoms with Gasteiger partial charge in [-0.25, -0.2) is 9.50 Å². The molecule has 27 heavy (non-hydrogen) atoms. The lowest BCUT2D eigenvalue weighted by atomic mass is 10.2. The lowest BCUT2D eigenvalue weighted by Crippen LogP contribution is -2.37. The van der Waals surface area contributed by atoms with Crippen LogP contribution in [0.15, 0.2) is 48.9 Å². The summed E-state index contributed by atoms with van der Waals surface area (Å²) < 4.78 is 31.4. The first-order valence-electron chi connectivity index (χ1n) is 8.50. The van der Waals surface area contributed by atoms with Gasteiger partial charge < -0.3 is 15.0 Å². The Kier molecular flexibility index (Phi) is 4.57. The maximum Gasteiger partial charge on any atom is 0.387 e. The molecule has 1 N–H and O–H groups in total. The molecule has 0 bridgehead atoms. The third kappa shape index (κ3) is 3.53. The Morgan fingerprint density at radius 3 is 3.00 bits per heavy atom. The van der Waals surface area contributed by atoms with Crippen LogP contribution < -0.4 is 15.0 Å². The minimum absolute atomic E-state index is 0.115. The summed E-state index contributed by atoms with van der Waals surface area (Å²) in [5, 5.41) is 7.08. The Balaban J connectivity index is 1.45. The summed E-state index contributed by atoms with van der Waals surface area (Å²) in [6.07, 6.45) is 5.50. The maximum absolute atomic E-state index is 12.6. The van der Waals surface area contributed by atoms with Gasteiger partial charge in [0.2, 0.25) is 0 Å². The fourth-order valence-electron chi connectivity index (χ4n) is 3.26. The van der Waals surface area contributed by atoms with Gasteiger partial charge in [0.25, 0.3) is 5.91 Å². The SMILES string of the molecule is O=C(NC1CCN(c2ccccc2OC(F)F)C1)c1cnn2cccnc12. The molecule has 1 amide bonds. The van der Waals surface area contributed by atoms with E-state index in [1.54, 1.807) is 36.7 Å². The molecule has 7 nitrogen and oxygen atoms in total. The number of aromatic nitrogens is 3. The minimum Gasteiger partial charge on any atom is -0.433 e. The van der Waals surface area contributed by atoms with Crippen molar-refractivity contribution < 1.29 is 18.3 Å². The van der Waals surface area contributed by atoms with Crippen LogP contribution in [-0.4, -0.2) is 46.2 Å². The van der Waals surface area contributed by atoms with Crippen LogP contribution in [0.3, 0.4) is 0 Å². The molecular weight excluding hydrogens is 356 g/mol. The number of alkyl halides is 2. The van der Waals surface area contributed by atoms with E-state index in [9.17, 15) is 13.6 Å². The van der Waals surface area contributed by atoms with E-state index in [1.807, 2.05) is 4.90 Å². The molecule has 3 aromatic rings. The number of halogens is 2. The van der Waals surface area contributed by atoms with Crippen LogP contribution in [0.2, 0.25) is 0 Å². The molecular formula is C18H17F2N5O2. The number of amides is 1. The van der Waals surface area contributed by atoms with Crippen LogP contribution in [0, 0.1) is 0 Å². The van der Waals surface area contributed by atoms with E-state index >= 15 is 0 Å². The van der Waals surface area contributed by atoms with E-state index in [2.05, 4.69) is 20.1 Å². The molecule has 1 saturated heterocycles. The van der Waals surface area contributed by atoms with Crippen molar-refractivity contribution in [2.45, 2.75) is 19.1 Å². The summed E-state index contributed by atoms with van der Waals surface area (Å²) in [6, 6.07) is 8.28. The molecule has 3 heterocycles. The Bertz CT molecular complexity index is 962. The topological polar surface area (TPSA) is 71.8 Å². The molecule has 4 rings (SSSR count). The summed E-state index contributed by atoms with van der Waals surface area (Å²) in [6.45, 7) is -1.75. The van der Waals surface area contributed by atoms with Gasteiger partial charge in [0.1, 0.15) is 11.3 Å². The Morgan fingerprint density at radius 1 is 1.30 bits per heavy atom. The quantitative estimate of drug-likeness (QED) is 0.743. The van der Waals surface area contributed by atoms with Gasteiger partial charge in [0, 0.05) is 31.5 Å².